The van der Waals surface area contributed by atoms with Crippen LogP contribution < -0.4 is 0 Å². The van der Waals surface area contributed by atoms with Gasteiger partial charge in [0.05, 0.1) is 22.1 Å². The number of para-hydroxylation sites is 2. The molecule has 0 bridgehead atoms. The molecule has 3 aromatic heterocycles. The molecule has 0 saturated carbocycles. The van der Waals surface area contributed by atoms with Gasteiger partial charge in [-0.25, -0.2) is 0 Å². The van der Waals surface area contributed by atoms with Crippen molar-refractivity contribution >= 4 is 75.1 Å². The Morgan fingerprint density at radius 3 is 1.65 bits per heavy atom. The molecule has 0 aliphatic heterocycles. The molecule has 3 heteroatoms. The molecule has 0 radical (unpaired) electrons. The van der Waals surface area contributed by atoms with Crippen molar-refractivity contribution < 1.29 is 0 Å². The van der Waals surface area contributed by atoms with E-state index in [4.69, 9.17) is 0 Å². The monoisotopic (exact) mass is 742 g/mol. The van der Waals surface area contributed by atoms with Gasteiger partial charge in [0.2, 0.25) is 0 Å². The van der Waals surface area contributed by atoms with E-state index in [2.05, 4.69) is 215 Å². The predicted octanol–water partition coefficient (Wildman–Crippen LogP) is 15.2. The van der Waals surface area contributed by atoms with Gasteiger partial charge in [-0.2, -0.15) is 0 Å². The number of thiophene rings is 1. The summed E-state index contributed by atoms with van der Waals surface area (Å²) in [5.41, 5.74) is 14.4. The fraction of sp³-hybridized carbons (Fsp3) is 0. The molecule has 3 heterocycles. The number of hydrogen-bond acceptors (Lipinski definition) is 1. The van der Waals surface area contributed by atoms with Crippen molar-refractivity contribution in [2.24, 2.45) is 0 Å². The molecule has 12 aromatic rings. The van der Waals surface area contributed by atoms with Crippen molar-refractivity contribution in [3.8, 4) is 44.8 Å². The molecule has 12 rings (SSSR count). The average molecular weight is 743 g/mol. The van der Waals surface area contributed by atoms with Crippen LogP contribution in [0.4, 0.5) is 0 Å². The Hall–Kier alpha value is -7.20. The van der Waals surface area contributed by atoms with E-state index in [9.17, 15) is 0 Å². The van der Waals surface area contributed by atoms with E-state index in [-0.39, 0.29) is 0 Å². The molecular weight excluding hydrogens is 709 g/mol. The molecule has 0 fully saturated rings. The van der Waals surface area contributed by atoms with E-state index >= 15 is 0 Å². The van der Waals surface area contributed by atoms with Crippen molar-refractivity contribution in [1.82, 2.24) is 9.13 Å². The fourth-order valence-electron chi connectivity index (χ4n) is 9.11. The highest BCUT2D eigenvalue weighted by molar-refractivity contribution is 7.25. The predicted molar refractivity (Wildman–Crippen MR) is 244 cm³/mol. The highest BCUT2D eigenvalue weighted by atomic mass is 32.1. The van der Waals surface area contributed by atoms with Gasteiger partial charge in [0.1, 0.15) is 0 Å². The smallest absolute Gasteiger partial charge is 0.0619 e. The number of fused-ring (bicyclic) bond motifs is 9. The van der Waals surface area contributed by atoms with E-state index in [1.807, 2.05) is 11.3 Å². The number of rotatable bonds is 5. The first kappa shape index (κ1) is 32.1. The standard InChI is InChI=1S/C54H34N2S/c1-3-13-35(14-4-1)37-17-11-18-40(31-37)55-49-23-9-7-19-43(49)46-32-38(25-28-50(46)55)39-26-29-51-47(33-39)45-22-12-21-42(36-15-5-2-6-16-36)54(45)56(51)41-27-30-53-48(34-41)44-20-8-10-24-52(44)57-53/h1-34H. The Morgan fingerprint density at radius 2 is 0.842 bits per heavy atom. The molecular formula is C54H34N2S. The maximum atomic E-state index is 2.49. The lowest BCUT2D eigenvalue weighted by Crippen LogP contribution is -1.95. The third-order valence-corrected chi connectivity index (χ3v) is 12.9. The van der Waals surface area contributed by atoms with Crippen LogP contribution in [0.3, 0.4) is 0 Å². The second-order valence-corrected chi connectivity index (χ2v) is 16.0. The van der Waals surface area contributed by atoms with Crippen LogP contribution in [0.15, 0.2) is 206 Å². The van der Waals surface area contributed by atoms with Crippen LogP contribution >= 0.6 is 11.3 Å². The van der Waals surface area contributed by atoms with E-state index in [0.717, 1.165) is 5.69 Å². The molecule has 0 aliphatic rings. The fourth-order valence-corrected chi connectivity index (χ4v) is 10.2. The second-order valence-electron chi connectivity index (χ2n) is 14.9. The first-order chi connectivity index (χ1) is 28.3. The minimum Gasteiger partial charge on any atom is -0.309 e. The van der Waals surface area contributed by atoms with Crippen LogP contribution in [-0.4, -0.2) is 9.13 Å². The molecule has 0 N–H and O–H groups in total. The van der Waals surface area contributed by atoms with Crippen LogP contribution in [0.25, 0.3) is 109 Å². The van der Waals surface area contributed by atoms with Crippen molar-refractivity contribution in [2.75, 3.05) is 0 Å². The summed E-state index contributed by atoms with van der Waals surface area (Å²) in [7, 11) is 0. The van der Waals surface area contributed by atoms with Gasteiger partial charge < -0.3 is 9.13 Å². The molecule has 9 aromatic carbocycles. The van der Waals surface area contributed by atoms with Gasteiger partial charge in [0.25, 0.3) is 0 Å². The Balaban J connectivity index is 1.06. The minimum absolute atomic E-state index is 1.16. The van der Waals surface area contributed by atoms with Gasteiger partial charge in [-0.15, -0.1) is 11.3 Å². The summed E-state index contributed by atoms with van der Waals surface area (Å²) in [6.45, 7) is 0. The largest absolute Gasteiger partial charge is 0.309 e. The summed E-state index contributed by atoms with van der Waals surface area (Å²) >= 11 is 1.86. The molecule has 0 amide bonds. The van der Waals surface area contributed by atoms with E-state index in [1.165, 1.54) is 103 Å². The molecule has 0 saturated heterocycles. The van der Waals surface area contributed by atoms with Gasteiger partial charge in [-0.3, -0.25) is 0 Å². The van der Waals surface area contributed by atoms with Crippen molar-refractivity contribution in [1.29, 1.82) is 0 Å². The SMILES string of the molecule is c1ccc(-c2cccc(-n3c4ccccc4c4cc(-c5ccc6c(c5)c5cccc(-c7ccccc7)c5n6-c5ccc6sc7ccccc7c6c5)ccc43)c2)cc1. The summed E-state index contributed by atoms with van der Waals surface area (Å²) < 4.78 is 7.54. The molecule has 0 atom stereocenters. The first-order valence-corrected chi connectivity index (χ1v) is 20.3. The highest BCUT2D eigenvalue weighted by Gasteiger charge is 2.19. The maximum absolute atomic E-state index is 2.49. The third-order valence-electron chi connectivity index (χ3n) is 11.7. The molecule has 0 aliphatic carbocycles. The van der Waals surface area contributed by atoms with E-state index in [0.29, 0.717) is 0 Å². The normalized spacial score (nSPS) is 11.9. The Kier molecular flexibility index (Phi) is 7.13. The van der Waals surface area contributed by atoms with Crippen LogP contribution in [0, 0.1) is 0 Å². The van der Waals surface area contributed by atoms with E-state index < -0.39 is 0 Å². The van der Waals surface area contributed by atoms with Crippen molar-refractivity contribution in [3.63, 3.8) is 0 Å². The maximum Gasteiger partial charge on any atom is 0.0619 e. The van der Waals surface area contributed by atoms with Gasteiger partial charge in [-0.1, -0.05) is 140 Å². The lowest BCUT2D eigenvalue weighted by atomic mass is 9.99. The summed E-state index contributed by atoms with van der Waals surface area (Å²) in [5, 5.41) is 7.61. The van der Waals surface area contributed by atoms with Crippen LogP contribution in [0.5, 0.6) is 0 Å². The van der Waals surface area contributed by atoms with Gasteiger partial charge >= 0.3 is 0 Å². The van der Waals surface area contributed by atoms with Crippen LogP contribution in [0.2, 0.25) is 0 Å². The number of benzene rings is 9. The summed E-state index contributed by atoms with van der Waals surface area (Å²) in [4.78, 5) is 0. The van der Waals surface area contributed by atoms with Crippen molar-refractivity contribution in [2.45, 2.75) is 0 Å². The van der Waals surface area contributed by atoms with Gasteiger partial charge in [-0.05, 0) is 94.5 Å². The minimum atomic E-state index is 1.16. The Morgan fingerprint density at radius 1 is 0.281 bits per heavy atom. The number of aromatic nitrogens is 2. The molecule has 0 spiro atoms. The summed E-state index contributed by atoms with van der Waals surface area (Å²) in [5.74, 6) is 0. The molecule has 57 heavy (non-hydrogen) atoms. The second kappa shape index (κ2) is 12.7. The average Bonchev–Trinajstić information content (AvgIpc) is 3.94. The highest BCUT2D eigenvalue weighted by Crippen LogP contribution is 2.43. The molecule has 2 nitrogen and oxygen atoms in total. The van der Waals surface area contributed by atoms with Crippen LogP contribution in [-0.2, 0) is 0 Å². The zero-order valence-corrected chi connectivity index (χ0v) is 31.7. The summed E-state index contributed by atoms with van der Waals surface area (Å²) in [6.07, 6.45) is 0. The topological polar surface area (TPSA) is 9.86 Å². The van der Waals surface area contributed by atoms with Crippen LogP contribution in [0.1, 0.15) is 0 Å². The third kappa shape index (κ3) is 5.03. The zero-order chi connectivity index (χ0) is 37.5. The number of hydrogen-bond donors (Lipinski definition) is 0. The zero-order valence-electron chi connectivity index (χ0n) is 30.9. The Labute approximate surface area is 333 Å². The van der Waals surface area contributed by atoms with Crippen molar-refractivity contribution in [3.05, 3.63) is 206 Å². The van der Waals surface area contributed by atoms with E-state index in [1.54, 1.807) is 0 Å². The number of nitrogens with zero attached hydrogens (tertiary/aromatic N) is 2. The first-order valence-electron chi connectivity index (χ1n) is 19.5. The molecule has 0 unspecified atom stereocenters. The quantitative estimate of drug-likeness (QED) is 0.166. The molecule has 266 valence electrons. The Bertz CT molecular complexity index is 3510. The van der Waals surface area contributed by atoms with Gasteiger partial charge in [0, 0.05) is 58.7 Å². The lowest BCUT2D eigenvalue weighted by molar-refractivity contribution is 1.18. The van der Waals surface area contributed by atoms with Gasteiger partial charge in [0.15, 0.2) is 0 Å². The lowest BCUT2D eigenvalue weighted by Gasteiger charge is -2.12. The summed E-state index contributed by atoms with van der Waals surface area (Å²) in [6, 6.07) is 75.7.